The molecule has 0 radical (unpaired) electrons. The molecule has 0 unspecified atom stereocenters. The molecular formula is C15H16N2O2. The van der Waals surface area contributed by atoms with Gasteiger partial charge in [0.15, 0.2) is 5.75 Å². The van der Waals surface area contributed by atoms with Crippen LogP contribution in [0.3, 0.4) is 0 Å². The molecule has 1 aliphatic carbocycles. The number of pyridine rings is 1. The number of hydrogen-bond acceptors (Lipinski definition) is 4. The average Bonchev–Trinajstić information content (AvgIpc) is 2.88. The van der Waals surface area contributed by atoms with E-state index < -0.39 is 0 Å². The van der Waals surface area contributed by atoms with Gasteiger partial charge in [0.2, 0.25) is 5.88 Å². The molecule has 19 heavy (non-hydrogen) atoms. The topological polar surface area (TPSA) is 57.4 Å². The minimum atomic E-state index is 0.543. The Morgan fingerprint density at radius 2 is 2.05 bits per heavy atom. The van der Waals surface area contributed by atoms with Gasteiger partial charge in [0, 0.05) is 17.8 Å². The first-order chi connectivity index (χ1) is 9.26. The van der Waals surface area contributed by atoms with Crippen molar-refractivity contribution >= 4 is 5.69 Å². The number of anilines is 1. The predicted molar refractivity (Wildman–Crippen MR) is 73.7 cm³/mol. The van der Waals surface area contributed by atoms with E-state index in [-0.39, 0.29) is 0 Å². The van der Waals surface area contributed by atoms with E-state index >= 15 is 0 Å². The zero-order chi connectivity index (χ0) is 13.2. The Balaban J connectivity index is 1.85. The number of nitrogen functional groups attached to an aromatic ring is 1. The van der Waals surface area contributed by atoms with Crippen LogP contribution in [0.1, 0.15) is 17.7 Å². The first-order valence-corrected chi connectivity index (χ1v) is 6.36. The minimum Gasteiger partial charge on any atom is -0.497 e. The van der Waals surface area contributed by atoms with Crippen molar-refractivity contribution in [3.8, 4) is 17.4 Å². The Hall–Kier alpha value is -2.23. The normalized spacial score (nSPS) is 13.1. The number of hydrogen-bond donors (Lipinski definition) is 1. The molecule has 2 aromatic rings. The molecule has 0 spiro atoms. The highest BCUT2D eigenvalue weighted by Gasteiger charge is 2.13. The van der Waals surface area contributed by atoms with E-state index in [1.54, 1.807) is 19.2 Å². The van der Waals surface area contributed by atoms with Crippen molar-refractivity contribution in [2.24, 2.45) is 0 Å². The van der Waals surface area contributed by atoms with Crippen LogP contribution in [0.4, 0.5) is 5.69 Å². The van der Waals surface area contributed by atoms with Crippen LogP contribution >= 0.6 is 0 Å². The smallest absolute Gasteiger partial charge is 0.219 e. The summed E-state index contributed by atoms with van der Waals surface area (Å²) in [5, 5.41) is 0. The van der Waals surface area contributed by atoms with Gasteiger partial charge < -0.3 is 15.2 Å². The van der Waals surface area contributed by atoms with Gasteiger partial charge in [0.05, 0.1) is 12.8 Å². The standard InChI is InChI=1S/C15H16N2O2/c1-18-11-6-7-14(12(16)9-11)19-15-8-5-10-3-2-4-13(10)17-15/h5-9H,2-4,16H2,1H3. The van der Waals surface area contributed by atoms with Crippen molar-refractivity contribution < 1.29 is 9.47 Å². The number of nitrogens with two attached hydrogens (primary N) is 1. The molecule has 1 heterocycles. The van der Waals surface area contributed by atoms with E-state index in [0.717, 1.165) is 18.5 Å². The fraction of sp³-hybridized carbons (Fsp3) is 0.267. The van der Waals surface area contributed by atoms with Crippen LogP contribution in [0, 0.1) is 0 Å². The summed E-state index contributed by atoms with van der Waals surface area (Å²) < 4.78 is 10.9. The van der Waals surface area contributed by atoms with E-state index in [2.05, 4.69) is 11.1 Å². The zero-order valence-electron chi connectivity index (χ0n) is 10.8. The van der Waals surface area contributed by atoms with Gasteiger partial charge in [-0.3, -0.25) is 0 Å². The molecule has 0 saturated heterocycles. The molecule has 1 aromatic heterocycles. The van der Waals surface area contributed by atoms with Crippen molar-refractivity contribution in [3.63, 3.8) is 0 Å². The number of nitrogens with zero attached hydrogens (tertiary/aromatic N) is 1. The maximum atomic E-state index is 5.92. The third-order valence-electron chi connectivity index (χ3n) is 3.33. The lowest BCUT2D eigenvalue weighted by atomic mass is 10.2. The molecule has 3 rings (SSSR count). The molecule has 0 saturated carbocycles. The number of fused-ring (bicyclic) bond motifs is 1. The largest absolute Gasteiger partial charge is 0.497 e. The second kappa shape index (κ2) is 4.80. The first-order valence-electron chi connectivity index (χ1n) is 6.36. The second-order valence-corrected chi connectivity index (χ2v) is 4.61. The van der Waals surface area contributed by atoms with Crippen molar-refractivity contribution in [3.05, 3.63) is 41.6 Å². The second-order valence-electron chi connectivity index (χ2n) is 4.61. The van der Waals surface area contributed by atoms with Crippen molar-refractivity contribution in [1.29, 1.82) is 0 Å². The first kappa shape index (κ1) is 11.8. The molecule has 0 fully saturated rings. The van der Waals surface area contributed by atoms with Gasteiger partial charge in [-0.25, -0.2) is 4.98 Å². The van der Waals surface area contributed by atoms with Crippen LogP contribution in [0.2, 0.25) is 0 Å². The van der Waals surface area contributed by atoms with E-state index in [1.807, 2.05) is 12.1 Å². The molecule has 4 nitrogen and oxygen atoms in total. The van der Waals surface area contributed by atoms with Gasteiger partial charge in [0.1, 0.15) is 5.75 Å². The van der Waals surface area contributed by atoms with Crippen LogP contribution in [0.15, 0.2) is 30.3 Å². The lowest BCUT2D eigenvalue weighted by Gasteiger charge is -2.10. The van der Waals surface area contributed by atoms with E-state index in [4.69, 9.17) is 15.2 Å². The quantitative estimate of drug-likeness (QED) is 0.858. The summed E-state index contributed by atoms with van der Waals surface area (Å²) in [5.41, 5.74) is 8.94. The predicted octanol–water partition coefficient (Wildman–Crippen LogP) is 2.95. The lowest BCUT2D eigenvalue weighted by Crippen LogP contribution is -1.96. The molecule has 0 aliphatic heterocycles. The van der Waals surface area contributed by atoms with Crippen LogP contribution in [0.25, 0.3) is 0 Å². The monoisotopic (exact) mass is 256 g/mol. The summed E-state index contributed by atoms with van der Waals surface area (Å²) in [5.74, 6) is 1.91. The Kier molecular flexibility index (Phi) is 2.99. The lowest BCUT2D eigenvalue weighted by molar-refractivity contribution is 0.412. The molecule has 4 heteroatoms. The maximum Gasteiger partial charge on any atom is 0.219 e. The van der Waals surface area contributed by atoms with Gasteiger partial charge in [0.25, 0.3) is 0 Å². The molecular weight excluding hydrogens is 240 g/mol. The molecule has 0 amide bonds. The zero-order valence-corrected chi connectivity index (χ0v) is 10.8. The molecule has 0 bridgehead atoms. The minimum absolute atomic E-state index is 0.543. The Labute approximate surface area is 112 Å². The SMILES string of the molecule is COc1ccc(Oc2ccc3c(n2)CCC3)c(N)c1. The number of ether oxygens (including phenoxy) is 2. The Morgan fingerprint density at radius 3 is 2.84 bits per heavy atom. The van der Waals surface area contributed by atoms with E-state index in [9.17, 15) is 0 Å². The maximum absolute atomic E-state index is 5.92. The third kappa shape index (κ3) is 2.34. The van der Waals surface area contributed by atoms with E-state index in [0.29, 0.717) is 23.1 Å². The van der Waals surface area contributed by atoms with Crippen molar-refractivity contribution in [2.45, 2.75) is 19.3 Å². The Bertz CT molecular complexity index is 611. The molecule has 2 N–H and O–H groups in total. The molecule has 0 atom stereocenters. The summed E-state index contributed by atoms with van der Waals surface area (Å²) in [6.45, 7) is 0. The van der Waals surface area contributed by atoms with Crippen LogP contribution < -0.4 is 15.2 Å². The number of rotatable bonds is 3. The van der Waals surface area contributed by atoms with Crippen molar-refractivity contribution in [1.82, 2.24) is 4.98 Å². The summed E-state index contributed by atoms with van der Waals surface area (Å²) in [6, 6.07) is 9.34. The number of benzene rings is 1. The summed E-state index contributed by atoms with van der Waals surface area (Å²) in [7, 11) is 1.61. The number of aromatic nitrogens is 1. The van der Waals surface area contributed by atoms with Crippen LogP contribution in [-0.4, -0.2) is 12.1 Å². The fourth-order valence-electron chi connectivity index (χ4n) is 2.32. The highest BCUT2D eigenvalue weighted by atomic mass is 16.5. The molecule has 1 aromatic carbocycles. The van der Waals surface area contributed by atoms with Crippen LogP contribution in [0.5, 0.6) is 17.4 Å². The van der Waals surface area contributed by atoms with E-state index in [1.165, 1.54) is 12.0 Å². The summed E-state index contributed by atoms with van der Waals surface area (Å²) >= 11 is 0. The van der Waals surface area contributed by atoms with Gasteiger partial charge in [-0.1, -0.05) is 6.07 Å². The fourth-order valence-corrected chi connectivity index (χ4v) is 2.32. The van der Waals surface area contributed by atoms with Gasteiger partial charge >= 0.3 is 0 Å². The van der Waals surface area contributed by atoms with Gasteiger partial charge in [-0.2, -0.15) is 0 Å². The molecule has 98 valence electrons. The highest BCUT2D eigenvalue weighted by molar-refractivity contribution is 5.57. The Morgan fingerprint density at radius 1 is 1.16 bits per heavy atom. The number of aryl methyl sites for hydroxylation is 2. The summed E-state index contributed by atoms with van der Waals surface area (Å²) in [6.07, 6.45) is 3.33. The van der Waals surface area contributed by atoms with Crippen molar-refractivity contribution in [2.75, 3.05) is 12.8 Å². The van der Waals surface area contributed by atoms with Gasteiger partial charge in [-0.15, -0.1) is 0 Å². The summed E-state index contributed by atoms with van der Waals surface area (Å²) in [4.78, 5) is 4.52. The number of methoxy groups -OCH3 is 1. The highest BCUT2D eigenvalue weighted by Crippen LogP contribution is 2.31. The third-order valence-corrected chi connectivity index (χ3v) is 3.33. The average molecular weight is 256 g/mol. The van der Waals surface area contributed by atoms with Gasteiger partial charge in [-0.05, 0) is 37.0 Å². The molecule has 1 aliphatic rings. The van der Waals surface area contributed by atoms with Crippen LogP contribution in [-0.2, 0) is 12.8 Å².